The Balaban J connectivity index is 0.00000132. The number of halogens is 4. The molecule has 7 heteroatoms. The van der Waals surface area contributed by atoms with Crippen molar-refractivity contribution in [3.05, 3.63) is 29.3 Å². The van der Waals surface area contributed by atoms with Gasteiger partial charge in [-0.25, -0.2) is 8.78 Å². The van der Waals surface area contributed by atoms with E-state index in [1.165, 1.54) is 0 Å². The molecule has 2 fully saturated rings. The summed E-state index contributed by atoms with van der Waals surface area (Å²) < 4.78 is 28.0. The molecule has 1 heterocycles. The van der Waals surface area contributed by atoms with E-state index in [0.717, 1.165) is 64.0 Å². The predicted molar refractivity (Wildman–Crippen MR) is 91.7 cm³/mol. The second kappa shape index (κ2) is 9.02. The summed E-state index contributed by atoms with van der Waals surface area (Å²) in [6.07, 6.45) is 4.30. The number of phenols is 1. The second-order valence-electron chi connectivity index (χ2n) is 6.07. The number of nitrogens with zero attached hydrogens (tertiary/aromatic N) is 1. The summed E-state index contributed by atoms with van der Waals surface area (Å²) in [5, 5.41) is 13.4. The molecule has 1 atom stereocenters. The molecule has 3 rings (SSSR count). The van der Waals surface area contributed by atoms with Crippen LogP contribution in [0.2, 0.25) is 0 Å². The van der Waals surface area contributed by atoms with E-state index in [2.05, 4.69) is 10.2 Å². The van der Waals surface area contributed by atoms with E-state index in [0.29, 0.717) is 5.92 Å². The van der Waals surface area contributed by atoms with Gasteiger partial charge >= 0.3 is 0 Å². The average molecular weight is 369 g/mol. The van der Waals surface area contributed by atoms with Crippen LogP contribution in [0.15, 0.2) is 12.1 Å². The Hall–Kier alpha value is -0.620. The van der Waals surface area contributed by atoms with Gasteiger partial charge in [0.15, 0.2) is 11.6 Å². The van der Waals surface area contributed by atoms with E-state index in [-0.39, 0.29) is 36.4 Å². The van der Waals surface area contributed by atoms with E-state index >= 15 is 0 Å². The highest BCUT2D eigenvalue weighted by atomic mass is 35.5. The van der Waals surface area contributed by atoms with Crippen molar-refractivity contribution in [1.82, 2.24) is 10.2 Å². The van der Waals surface area contributed by atoms with Crippen LogP contribution in [0.1, 0.15) is 37.3 Å². The highest BCUT2D eigenvalue weighted by Gasteiger charge is 2.36. The maximum absolute atomic E-state index is 14.3. The van der Waals surface area contributed by atoms with Gasteiger partial charge in [-0.3, -0.25) is 4.90 Å². The molecule has 0 amide bonds. The first kappa shape index (κ1) is 20.4. The van der Waals surface area contributed by atoms with E-state index < -0.39 is 17.4 Å². The van der Waals surface area contributed by atoms with Crippen molar-refractivity contribution in [3.63, 3.8) is 0 Å². The van der Waals surface area contributed by atoms with Crippen molar-refractivity contribution in [3.8, 4) is 5.75 Å². The van der Waals surface area contributed by atoms with Crippen LogP contribution in [0.5, 0.6) is 5.75 Å². The van der Waals surface area contributed by atoms with Crippen molar-refractivity contribution >= 4 is 24.8 Å². The Morgan fingerprint density at radius 2 is 1.61 bits per heavy atom. The summed E-state index contributed by atoms with van der Waals surface area (Å²) in [4.78, 5) is 2.20. The third kappa shape index (κ3) is 4.27. The van der Waals surface area contributed by atoms with Crippen LogP contribution in [-0.2, 0) is 0 Å². The molecule has 0 aromatic heterocycles. The molecule has 1 aliphatic carbocycles. The van der Waals surface area contributed by atoms with Crippen LogP contribution in [0, 0.1) is 17.6 Å². The molecular formula is C16H24Cl2F2N2O. The summed E-state index contributed by atoms with van der Waals surface area (Å²) in [7, 11) is 0. The first-order valence-electron chi connectivity index (χ1n) is 7.80. The van der Waals surface area contributed by atoms with Crippen LogP contribution in [-0.4, -0.2) is 36.2 Å². The maximum atomic E-state index is 14.3. The fraction of sp³-hybridized carbons (Fsp3) is 0.625. The minimum atomic E-state index is -0.732. The standard InChI is InChI=1S/C16H22F2N2O.2ClH/c17-12-5-6-13(18)16(21)14(12)15(11-3-1-2-4-11)20-9-7-19-8-10-20;;/h5-6,11,15,19,21H,1-4,7-10H2;2*1H/t15-;;/m1../s1. The van der Waals surface area contributed by atoms with Gasteiger partial charge in [0.1, 0.15) is 5.82 Å². The highest BCUT2D eigenvalue weighted by molar-refractivity contribution is 5.85. The lowest BCUT2D eigenvalue weighted by Gasteiger charge is -2.39. The third-order valence-electron chi connectivity index (χ3n) is 4.80. The molecule has 1 saturated carbocycles. The van der Waals surface area contributed by atoms with Gasteiger partial charge in [0.2, 0.25) is 0 Å². The number of nitrogens with one attached hydrogen (secondary N) is 1. The molecule has 132 valence electrons. The molecule has 1 aromatic rings. The first-order chi connectivity index (χ1) is 10.2. The SMILES string of the molecule is Cl.Cl.Oc1c(F)ccc(F)c1[C@@H](C1CCCC1)N1CCNCC1. The fourth-order valence-corrected chi connectivity index (χ4v) is 3.79. The summed E-state index contributed by atoms with van der Waals surface area (Å²) in [5.41, 5.74) is 0.156. The van der Waals surface area contributed by atoms with Crippen molar-refractivity contribution in [2.45, 2.75) is 31.7 Å². The van der Waals surface area contributed by atoms with E-state index in [9.17, 15) is 13.9 Å². The maximum Gasteiger partial charge on any atom is 0.165 e. The number of phenolic OH excluding ortho intramolecular Hbond substituents is 1. The number of benzene rings is 1. The Kier molecular flexibility index (Phi) is 8.01. The van der Waals surface area contributed by atoms with Crippen molar-refractivity contribution in [2.75, 3.05) is 26.2 Å². The number of hydrogen-bond acceptors (Lipinski definition) is 3. The lowest BCUT2D eigenvalue weighted by molar-refractivity contribution is 0.119. The molecule has 23 heavy (non-hydrogen) atoms. The quantitative estimate of drug-likeness (QED) is 0.854. The lowest BCUT2D eigenvalue weighted by Crippen LogP contribution is -2.47. The monoisotopic (exact) mass is 368 g/mol. The van der Waals surface area contributed by atoms with E-state index in [1.807, 2.05) is 0 Å². The number of hydrogen-bond donors (Lipinski definition) is 2. The average Bonchev–Trinajstić information content (AvgIpc) is 3.02. The fourth-order valence-electron chi connectivity index (χ4n) is 3.79. The Bertz CT molecular complexity index is 507. The number of aromatic hydroxyl groups is 1. The molecule has 2 aliphatic rings. The highest BCUT2D eigenvalue weighted by Crippen LogP contribution is 2.44. The van der Waals surface area contributed by atoms with Crippen LogP contribution in [0.3, 0.4) is 0 Å². The van der Waals surface area contributed by atoms with Gasteiger partial charge in [-0.05, 0) is 30.9 Å². The van der Waals surface area contributed by atoms with Crippen molar-refractivity contribution in [1.29, 1.82) is 0 Å². The van der Waals surface area contributed by atoms with Gasteiger partial charge < -0.3 is 10.4 Å². The Morgan fingerprint density at radius 3 is 2.22 bits per heavy atom. The van der Waals surface area contributed by atoms with Crippen LogP contribution < -0.4 is 5.32 Å². The smallest absolute Gasteiger partial charge is 0.165 e. The number of rotatable bonds is 3. The molecular weight excluding hydrogens is 345 g/mol. The zero-order chi connectivity index (χ0) is 14.8. The second-order valence-corrected chi connectivity index (χ2v) is 6.07. The summed E-state index contributed by atoms with van der Waals surface area (Å²) in [6, 6.07) is 1.91. The van der Waals surface area contributed by atoms with Gasteiger partial charge in [-0.1, -0.05) is 12.8 Å². The summed E-state index contributed by atoms with van der Waals surface area (Å²) in [6.45, 7) is 3.30. The van der Waals surface area contributed by atoms with Crippen molar-refractivity contribution < 1.29 is 13.9 Å². The van der Waals surface area contributed by atoms with Gasteiger partial charge in [-0.15, -0.1) is 24.8 Å². The predicted octanol–water partition coefficient (Wildman–Crippen LogP) is 3.65. The molecule has 0 bridgehead atoms. The number of piperazine rings is 1. The van der Waals surface area contributed by atoms with Gasteiger partial charge in [0.25, 0.3) is 0 Å². The lowest BCUT2D eigenvalue weighted by atomic mass is 9.88. The summed E-state index contributed by atoms with van der Waals surface area (Å²) >= 11 is 0. The molecule has 2 N–H and O–H groups in total. The van der Waals surface area contributed by atoms with Gasteiger partial charge in [-0.2, -0.15) is 0 Å². The molecule has 0 unspecified atom stereocenters. The first-order valence-corrected chi connectivity index (χ1v) is 7.80. The van der Waals surface area contributed by atoms with E-state index in [1.54, 1.807) is 0 Å². The van der Waals surface area contributed by atoms with E-state index in [4.69, 9.17) is 0 Å². The molecule has 0 spiro atoms. The van der Waals surface area contributed by atoms with Crippen molar-refractivity contribution in [2.24, 2.45) is 5.92 Å². The zero-order valence-electron chi connectivity index (χ0n) is 12.9. The molecule has 1 saturated heterocycles. The summed E-state index contributed by atoms with van der Waals surface area (Å²) in [5.74, 6) is -1.44. The largest absolute Gasteiger partial charge is 0.505 e. The van der Waals surface area contributed by atoms with Gasteiger partial charge in [0.05, 0.1) is 5.56 Å². The van der Waals surface area contributed by atoms with Gasteiger partial charge in [0, 0.05) is 32.2 Å². The Morgan fingerprint density at radius 1 is 1.04 bits per heavy atom. The normalized spacial score (nSPS) is 20.6. The van der Waals surface area contributed by atoms with Crippen LogP contribution >= 0.6 is 24.8 Å². The zero-order valence-corrected chi connectivity index (χ0v) is 14.6. The molecule has 1 aromatic carbocycles. The van der Waals surface area contributed by atoms with Crippen LogP contribution in [0.4, 0.5) is 8.78 Å². The third-order valence-corrected chi connectivity index (χ3v) is 4.80. The molecule has 0 radical (unpaired) electrons. The minimum Gasteiger partial charge on any atom is -0.505 e. The molecule has 3 nitrogen and oxygen atoms in total. The minimum absolute atomic E-state index is 0. The Labute approximate surface area is 148 Å². The topological polar surface area (TPSA) is 35.5 Å². The molecule has 1 aliphatic heterocycles. The van der Waals surface area contributed by atoms with Crippen LogP contribution in [0.25, 0.3) is 0 Å².